The first-order valence-corrected chi connectivity index (χ1v) is 12.2. The van der Waals surface area contributed by atoms with Gasteiger partial charge in [0.25, 0.3) is 10.0 Å². The largest absolute Gasteiger partial charge is 0.323 e. The van der Waals surface area contributed by atoms with Gasteiger partial charge in [0, 0.05) is 41.8 Å². The van der Waals surface area contributed by atoms with Crippen LogP contribution in [0.5, 0.6) is 0 Å². The first-order valence-electron chi connectivity index (χ1n) is 9.95. The molecule has 0 atom stereocenters. The number of aromatic nitrogens is 6. The number of fused-ring (bicyclic) bond motifs is 1. The Morgan fingerprint density at radius 1 is 1.21 bits per heavy atom. The van der Waals surface area contributed by atoms with E-state index in [0.29, 0.717) is 12.2 Å². The smallest absolute Gasteiger partial charge is 0.279 e. The van der Waals surface area contributed by atoms with Gasteiger partial charge in [0.15, 0.2) is 10.8 Å². The third kappa shape index (κ3) is 4.45. The Morgan fingerprint density at radius 3 is 2.73 bits per heavy atom. The fourth-order valence-corrected chi connectivity index (χ4v) is 5.39. The Kier molecular flexibility index (Phi) is 5.34. The van der Waals surface area contributed by atoms with E-state index < -0.39 is 10.0 Å². The van der Waals surface area contributed by atoms with Gasteiger partial charge < -0.3 is 14.2 Å². The highest BCUT2D eigenvalue weighted by Crippen LogP contribution is 2.31. The number of aromatic amines is 1. The molecule has 33 heavy (non-hydrogen) atoms. The van der Waals surface area contributed by atoms with Gasteiger partial charge in [0.05, 0.1) is 25.3 Å². The maximum Gasteiger partial charge on any atom is 0.279 e. The second kappa shape index (κ2) is 8.33. The van der Waals surface area contributed by atoms with E-state index in [1.807, 2.05) is 42.1 Å². The molecule has 1 aliphatic rings. The lowest BCUT2D eigenvalue weighted by atomic mass is 10.3. The Bertz CT molecular complexity index is 1420. The summed E-state index contributed by atoms with van der Waals surface area (Å²) in [5.41, 5.74) is 1.44. The summed E-state index contributed by atoms with van der Waals surface area (Å²) in [4.78, 5) is 9.26. The molecule has 170 valence electrons. The first-order chi connectivity index (χ1) is 15.9. The van der Waals surface area contributed by atoms with E-state index in [1.54, 1.807) is 25.4 Å². The van der Waals surface area contributed by atoms with Crippen molar-refractivity contribution in [2.75, 3.05) is 10.0 Å². The van der Waals surface area contributed by atoms with E-state index in [2.05, 4.69) is 34.5 Å². The molecule has 13 heteroatoms. The Morgan fingerprint density at radius 2 is 2.03 bits per heavy atom. The van der Waals surface area contributed by atoms with Crippen LogP contribution in [0.3, 0.4) is 0 Å². The molecule has 0 radical (unpaired) electrons. The van der Waals surface area contributed by atoms with Crippen LogP contribution in [0.1, 0.15) is 11.5 Å². The number of sulfonamides is 1. The van der Waals surface area contributed by atoms with Crippen molar-refractivity contribution in [2.45, 2.75) is 23.4 Å². The highest BCUT2D eigenvalue weighted by molar-refractivity contribution is 7.97. The fourth-order valence-electron chi connectivity index (χ4n) is 3.35. The highest BCUT2D eigenvalue weighted by atomic mass is 32.2. The van der Waals surface area contributed by atoms with Gasteiger partial charge in [-0.2, -0.15) is 13.5 Å². The fraction of sp³-hybridized carbons (Fsp3) is 0.150. The van der Waals surface area contributed by atoms with E-state index in [-0.39, 0.29) is 5.03 Å². The zero-order valence-corrected chi connectivity index (χ0v) is 19.4. The Labute approximate surface area is 194 Å². The number of anilines is 2. The zero-order valence-electron chi connectivity index (χ0n) is 17.8. The average molecular weight is 484 g/mol. The quantitative estimate of drug-likeness (QED) is 0.343. The van der Waals surface area contributed by atoms with Crippen LogP contribution in [-0.2, 0) is 23.6 Å². The number of aryl methyl sites for hydroxylation is 2. The molecule has 4 heterocycles. The molecule has 0 aliphatic carbocycles. The van der Waals surface area contributed by atoms with Gasteiger partial charge in [-0.25, -0.2) is 9.97 Å². The number of benzene rings is 1. The van der Waals surface area contributed by atoms with Crippen molar-refractivity contribution in [3.05, 3.63) is 73.0 Å². The number of imidazole rings is 2. The standard InChI is InChI=1S/C20H21N9O2S2/c1-14-9-17(25-24-14)23-19-12-28(11-18-22-7-8-29(18)19)32-16-5-3-15(4-6-16)26-33(30,31)20-10-21-13-27(20)2/h3-10,12-13,26H,11H2,1-2H3,(H2,23,24,25). The van der Waals surface area contributed by atoms with Crippen LogP contribution >= 0.6 is 11.9 Å². The van der Waals surface area contributed by atoms with Gasteiger partial charge in [-0.15, -0.1) is 0 Å². The van der Waals surface area contributed by atoms with Crippen molar-refractivity contribution < 1.29 is 8.42 Å². The van der Waals surface area contributed by atoms with Crippen LogP contribution in [0.25, 0.3) is 5.82 Å². The molecule has 0 unspecified atom stereocenters. The number of nitrogens with one attached hydrogen (secondary N) is 3. The maximum absolute atomic E-state index is 12.5. The molecule has 0 fully saturated rings. The number of rotatable bonds is 7. The number of H-pyrrole nitrogens is 1. The topological polar surface area (TPSA) is 126 Å². The number of hydrogen-bond acceptors (Lipinski definition) is 8. The molecule has 0 spiro atoms. The predicted octanol–water partition coefficient (Wildman–Crippen LogP) is 2.84. The highest BCUT2D eigenvalue weighted by Gasteiger charge is 2.20. The number of hydrogen-bond donors (Lipinski definition) is 3. The minimum Gasteiger partial charge on any atom is -0.323 e. The Balaban J connectivity index is 1.31. The van der Waals surface area contributed by atoms with Crippen molar-refractivity contribution in [3.63, 3.8) is 0 Å². The van der Waals surface area contributed by atoms with Crippen molar-refractivity contribution in [2.24, 2.45) is 7.05 Å². The summed E-state index contributed by atoms with van der Waals surface area (Å²) in [5, 5.41) is 10.6. The second-order valence-electron chi connectivity index (χ2n) is 7.43. The minimum atomic E-state index is -3.71. The molecular weight excluding hydrogens is 462 g/mol. The molecule has 0 saturated heterocycles. The van der Waals surface area contributed by atoms with Crippen LogP contribution in [0.4, 0.5) is 11.5 Å². The molecule has 4 aromatic rings. The van der Waals surface area contributed by atoms with Crippen molar-refractivity contribution in [3.8, 4) is 0 Å². The molecular formula is C20H21N9O2S2. The monoisotopic (exact) mass is 483 g/mol. The molecule has 1 aliphatic heterocycles. The summed E-state index contributed by atoms with van der Waals surface area (Å²) < 4.78 is 33.2. The summed E-state index contributed by atoms with van der Waals surface area (Å²) in [6.07, 6.45) is 8.41. The lowest BCUT2D eigenvalue weighted by Gasteiger charge is -2.26. The molecule has 0 saturated carbocycles. The average Bonchev–Trinajstić information content (AvgIpc) is 3.51. The first kappa shape index (κ1) is 21.2. The van der Waals surface area contributed by atoms with Crippen LogP contribution in [0.2, 0.25) is 0 Å². The van der Waals surface area contributed by atoms with Crippen molar-refractivity contribution in [1.29, 1.82) is 0 Å². The second-order valence-corrected chi connectivity index (χ2v) is 10.2. The van der Waals surface area contributed by atoms with Gasteiger partial charge in [0.2, 0.25) is 0 Å². The van der Waals surface area contributed by atoms with Crippen LogP contribution in [0, 0.1) is 6.92 Å². The van der Waals surface area contributed by atoms with Gasteiger partial charge in [-0.3, -0.25) is 14.4 Å². The number of nitrogens with zero attached hydrogens (tertiary/aromatic N) is 6. The summed E-state index contributed by atoms with van der Waals surface area (Å²) >= 11 is 1.52. The van der Waals surface area contributed by atoms with Gasteiger partial charge in [0.1, 0.15) is 11.6 Å². The third-order valence-corrected chi connectivity index (χ3v) is 7.28. The van der Waals surface area contributed by atoms with E-state index in [4.69, 9.17) is 0 Å². The zero-order chi connectivity index (χ0) is 23.0. The van der Waals surface area contributed by atoms with Crippen molar-refractivity contribution in [1.82, 2.24) is 33.6 Å². The van der Waals surface area contributed by atoms with Gasteiger partial charge >= 0.3 is 0 Å². The van der Waals surface area contributed by atoms with Gasteiger partial charge in [-0.1, -0.05) is 0 Å². The Hall–Kier alpha value is -3.71. The van der Waals surface area contributed by atoms with Crippen molar-refractivity contribution >= 4 is 39.3 Å². The van der Waals surface area contributed by atoms with E-state index in [9.17, 15) is 8.42 Å². The summed E-state index contributed by atoms with van der Waals surface area (Å²) in [7, 11) is -2.07. The maximum atomic E-state index is 12.5. The van der Waals surface area contributed by atoms with E-state index in [1.165, 1.54) is 29.0 Å². The third-order valence-electron chi connectivity index (χ3n) is 4.88. The lowest BCUT2D eigenvalue weighted by molar-refractivity contribution is 0.562. The molecule has 3 N–H and O–H groups in total. The molecule has 11 nitrogen and oxygen atoms in total. The van der Waals surface area contributed by atoms with E-state index >= 15 is 0 Å². The van der Waals surface area contributed by atoms with Gasteiger partial charge in [-0.05, 0) is 43.1 Å². The SMILES string of the molecule is Cc1cc(NC2=CN(Sc3ccc(NS(=O)(=O)c4cncn4C)cc3)Cc3nccn32)n[nH]1. The van der Waals surface area contributed by atoms with Crippen LogP contribution < -0.4 is 10.0 Å². The summed E-state index contributed by atoms with van der Waals surface area (Å²) in [5.74, 6) is 2.43. The molecule has 0 bridgehead atoms. The summed E-state index contributed by atoms with van der Waals surface area (Å²) in [6.45, 7) is 2.55. The molecule has 3 aromatic heterocycles. The molecule has 5 rings (SSSR count). The molecule has 1 aromatic carbocycles. The van der Waals surface area contributed by atoms with E-state index in [0.717, 1.165) is 28.1 Å². The van der Waals surface area contributed by atoms with Crippen LogP contribution in [-0.4, -0.2) is 42.0 Å². The molecule has 0 amide bonds. The summed E-state index contributed by atoms with van der Waals surface area (Å²) in [6, 6.07) is 9.12. The predicted molar refractivity (Wildman–Crippen MR) is 125 cm³/mol. The minimum absolute atomic E-state index is 0.0991. The normalized spacial score (nSPS) is 13.5. The van der Waals surface area contributed by atoms with Crippen LogP contribution in [0.15, 0.2) is 71.4 Å². The lowest BCUT2D eigenvalue weighted by Crippen LogP contribution is -2.23.